The van der Waals surface area contributed by atoms with Crippen LogP contribution < -0.4 is 0 Å². The molecular formula is C7H11NO2S2. The maximum Gasteiger partial charge on any atom is 0.264 e. The van der Waals surface area contributed by atoms with Gasteiger partial charge in [0.2, 0.25) is 0 Å². The second kappa shape index (κ2) is 3.62. The van der Waals surface area contributed by atoms with Crippen LogP contribution in [0.1, 0.15) is 13.8 Å². The Kier molecular flexibility index (Phi) is 2.95. The van der Waals surface area contributed by atoms with Crippen molar-refractivity contribution in [2.75, 3.05) is 6.54 Å². The van der Waals surface area contributed by atoms with Crippen molar-refractivity contribution >= 4 is 29.3 Å². The summed E-state index contributed by atoms with van der Waals surface area (Å²) in [6.45, 7) is 4.11. The van der Waals surface area contributed by atoms with Gasteiger partial charge in [-0.2, -0.15) is 0 Å². The highest BCUT2D eigenvalue weighted by molar-refractivity contribution is 8.04. The average molecular weight is 205 g/mol. The zero-order chi connectivity index (χ0) is 9.30. The van der Waals surface area contributed by atoms with Crippen LogP contribution in [0.25, 0.3) is 0 Å². The lowest BCUT2D eigenvalue weighted by Crippen LogP contribution is -2.30. The van der Waals surface area contributed by atoms with E-state index in [0.29, 0.717) is 11.4 Å². The Hall–Kier alpha value is -0.290. The fourth-order valence-electron chi connectivity index (χ4n) is 1.10. The van der Waals surface area contributed by atoms with Crippen LogP contribution in [0, 0.1) is 0 Å². The summed E-state index contributed by atoms with van der Waals surface area (Å²) in [5.41, 5.74) is 0. The largest absolute Gasteiger partial charge is 0.315 e. The Morgan fingerprint density at radius 3 is 2.58 bits per heavy atom. The summed E-state index contributed by atoms with van der Waals surface area (Å²) in [5.74, 6) is -0.154. The summed E-state index contributed by atoms with van der Waals surface area (Å²) in [5, 5.41) is 0. The Bertz CT molecular complexity index is 262. The molecule has 0 aromatic carbocycles. The lowest BCUT2D eigenvalue weighted by molar-refractivity contribution is -0.124. The van der Waals surface area contributed by atoms with Crippen molar-refractivity contribution < 1.29 is 9.00 Å². The molecule has 0 aliphatic carbocycles. The predicted molar refractivity (Wildman–Crippen MR) is 52.1 cm³/mol. The second-order valence-corrected chi connectivity index (χ2v) is 4.69. The first-order valence-electron chi connectivity index (χ1n) is 3.69. The summed E-state index contributed by atoms with van der Waals surface area (Å²) in [7, 11) is -1.26. The van der Waals surface area contributed by atoms with Crippen molar-refractivity contribution in [3.05, 3.63) is 11.0 Å². The maximum atomic E-state index is 11.4. The molecule has 5 heteroatoms. The Morgan fingerprint density at radius 2 is 2.33 bits per heavy atom. The molecule has 0 radical (unpaired) electrons. The first-order valence-corrected chi connectivity index (χ1v) is 5.42. The van der Waals surface area contributed by atoms with E-state index in [-0.39, 0.29) is 5.91 Å². The van der Waals surface area contributed by atoms with Gasteiger partial charge in [-0.15, -0.1) is 12.6 Å². The van der Waals surface area contributed by atoms with Crippen LogP contribution in [0.15, 0.2) is 11.0 Å². The Labute approximate surface area is 79.7 Å². The molecule has 2 unspecified atom stereocenters. The summed E-state index contributed by atoms with van der Waals surface area (Å²) in [6, 6.07) is 0. The fraction of sp³-hybridized carbons (Fsp3) is 0.571. The van der Waals surface area contributed by atoms with E-state index < -0.39 is 15.5 Å². The number of carbonyl (C=O) groups is 1. The zero-order valence-electron chi connectivity index (χ0n) is 6.98. The van der Waals surface area contributed by atoms with Gasteiger partial charge in [-0.3, -0.25) is 9.00 Å². The van der Waals surface area contributed by atoms with Crippen molar-refractivity contribution in [3.8, 4) is 0 Å². The van der Waals surface area contributed by atoms with Gasteiger partial charge in [0, 0.05) is 6.54 Å². The van der Waals surface area contributed by atoms with Crippen molar-refractivity contribution in [1.82, 2.24) is 4.90 Å². The average Bonchev–Trinajstić information content (AvgIpc) is 2.25. The summed E-state index contributed by atoms with van der Waals surface area (Å²) in [6.07, 6.45) is 1.59. The van der Waals surface area contributed by atoms with Crippen LogP contribution in [0.4, 0.5) is 0 Å². The lowest BCUT2D eigenvalue weighted by atomic mass is 10.4. The van der Waals surface area contributed by atoms with Gasteiger partial charge in [0.05, 0.1) is 10.8 Å². The smallest absolute Gasteiger partial charge is 0.264 e. The molecular weight excluding hydrogens is 194 g/mol. The molecule has 1 saturated heterocycles. The van der Waals surface area contributed by atoms with E-state index in [9.17, 15) is 9.00 Å². The summed E-state index contributed by atoms with van der Waals surface area (Å²) < 4.78 is 11.0. The maximum absolute atomic E-state index is 11.4. The third-order valence-electron chi connectivity index (χ3n) is 1.75. The Balaban J connectivity index is 3.02. The number of allylic oxidation sites excluding steroid dienone is 1. The fourth-order valence-corrected chi connectivity index (χ4v) is 2.93. The van der Waals surface area contributed by atoms with E-state index in [0.717, 1.165) is 0 Å². The van der Waals surface area contributed by atoms with Gasteiger partial charge in [-0.25, -0.2) is 0 Å². The lowest BCUT2D eigenvalue weighted by Gasteiger charge is -2.15. The van der Waals surface area contributed by atoms with Gasteiger partial charge >= 0.3 is 0 Å². The molecule has 2 atom stereocenters. The quantitative estimate of drug-likeness (QED) is 0.506. The highest BCUT2D eigenvalue weighted by atomic mass is 32.2. The number of thiol groups is 1. The van der Waals surface area contributed by atoms with E-state index in [4.69, 9.17) is 0 Å². The summed E-state index contributed by atoms with van der Waals surface area (Å²) in [4.78, 5) is 13.3. The number of likely N-dealkylation sites (N-methyl/N-ethyl adjacent to an activating group) is 1. The van der Waals surface area contributed by atoms with Crippen molar-refractivity contribution in [2.24, 2.45) is 0 Å². The van der Waals surface area contributed by atoms with Crippen molar-refractivity contribution in [2.45, 2.75) is 18.6 Å². The standard InChI is InChI=1S/C7H11NO2S2/c1-3-5-6(9)8(4-2)7(11)12(5)10/h3,7,11H,4H2,1-2H3/b5-3+. The molecule has 0 N–H and O–H groups in total. The molecule has 1 amide bonds. The normalized spacial score (nSPS) is 33.4. The van der Waals surface area contributed by atoms with Gasteiger partial charge < -0.3 is 4.90 Å². The molecule has 12 heavy (non-hydrogen) atoms. The topological polar surface area (TPSA) is 37.4 Å². The van der Waals surface area contributed by atoms with Gasteiger partial charge in [0.15, 0.2) is 4.71 Å². The molecule has 0 saturated carbocycles. The van der Waals surface area contributed by atoms with Crippen LogP contribution in [0.2, 0.25) is 0 Å². The van der Waals surface area contributed by atoms with Crippen LogP contribution in [0.3, 0.4) is 0 Å². The molecule has 1 aliphatic rings. The molecule has 1 rings (SSSR count). The SMILES string of the molecule is C/C=C1\C(=O)N(CC)C(S)S1=O. The van der Waals surface area contributed by atoms with Crippen LogP contribution in [-0.4, -0.2) is 26.3 Å². The third-order valence-corrected chi connectivity index (χ3v) is 4.08. The van der Waals surface area contributed by atoms with E-state index in [2.05, 4.69) is 12.6 Å². The van der Waals surface area contributed by atoms with Crippen LogP contribution in [0.5, 0.6) is 0 Å². The minimum atomic E-state index is -1.26. The predicted octanol–water partition coefficient (Wildman–Crippen LogP) is 0.714. The monoisotopic (exact) mass is 205 g/mol. The van der Waals surface area contributed by atoms with E-state index >= 15 is 0 Å². The summed E-state index contributed by atoms with van der Waals surface area (Å²) >= 11 is 4.10. The third kappa shape index (κ3) is 1.31. The van der Waals surface area contributed by atoms with Gasteiger partial charge in [-0.1, -0.05) is 6.08 Å². The number of nitrogens with zero attached hydrogens (tertiary/aromatic N) is 1. The molecule has 0 bridgehead atoms. The number of rotatable bonds is 1. The molecule has 0 aromatic heterocycles. The van der Waals surface area contributed by atoms with E-state index in [1.54, 1.807) is 13.0 Å². The number of carbonyl (C=O) groups excluding carboxylic acids is 1. The van der Waals surface area contributed by atoms with Gasteiger partial charge in [-0.05, 0) is 13.8 Å². The highest BCUT2D eigenvalue weighted by Gasteiger charge is 2.38. The number of hydrogen-bond donors (Lipinski definition) is 1. The molecule has 1 aliphatic heterocycles. The minimum Gasteiger partial charge on any atom is -0.315 e. The number of amides is 1. The molecule has 0 spiro atoms. The molecule has 0 aromatic rings. The minimum absolute atomic E-state index is 0.154. The van der Waals surface area contributed by atoms with Crippen LogP contribution >= 0.6 is 12.6 Å². The molecule has 68 valence electrons. The van der Waals surface area contributed by atoms with Crippen molar-refractivity contribution in [3.63, 3.8) is 0 Å². The first kappa shape index (κ1) is 9.80. The van der Waals surface area contributed by atoms with E-state index in [1.807, 2.05) is 6.92 Å². The van der Waals surface area contributed by atoms with Gasteiger partial charge in [0.25, 0.3) is 5.91 Å². The zero-order valence-corrected chi connectivity index (χ0v) is 8.69. The van der Waals surface area contributed by atoms with Crippen molar-refractivity contribution in [1.29, 1.82) is 0 Å². The first-order chi connectivity index (χ1) is 5.63. The molecule has 1 fully saturated rings. The second-order valence-electron chi connectivity index (χ2n) is 2.37. The highest BCUT2D eigenvalue weighted by Crippen LogP contribution is 2.26. The molecule has 1 heterocycles. The van der Waals surface area contributed by atoms with Gasteiger partial charge in [0.1, 0.15) is 4.91 Å². The Morgan fingerprint density at radius 1 is 1.75 bits per heavy atom. The number of hydrogen-bond acceptors (Lipinski definition) is 3. The molecule has 3 nitrogen and oxygen atoms in total. The van der Waals surface area contributed by atoms with Crippen LogP contribution in [-0.2, 0) is 15.6 Å². The van der Waals surface area contributed by atoms with E-state index in [1.165, 1.54) is 4.90 Å².